The fraction of sp³-hybridized carbons (Fsp3) is 0.0526. The van der Waals surface area contributed by atoms with Crippen molar-refractivity contribution in [3.63, 3.8) is 0 Å². The summed E-state index contributed by atoms with van der Waals surface area (Å²) in [5.74, 6) is -0.334. The highest BCUT2D eigenvalue weighted by atomic mass is 35.5. The van der Waals surface area contributed by atoms with Crippen LogP contribution in [-0.4, -0.2) is 19.3 Å². The summed E-state index contributed by atoms with van der Waals surface area (Å²) in [5, 5.41) is 3.15. The lowest BCUT2D eigenvalue weighted by molar-refractivity contribution is 0.0951. The summed E-state index contributed by atoms with van der Waals surface area (Å²) in [7, 11) is -3.88. The van der Waals surface area contributed by atoms with Gasteiger partial charge in [0.2, 0.25) is 0 Å². The van der Waals surface area contributed by atoms with Crippen molar-refractivity contribution in [1.82, 2.24) is 10.3 Å². The number of hydrogen-bond acceptors (Lipinski definition) is 4. The van der Waals surface area contributed by atoms with Gasteiger partial charge in [0.05, 0.1) is 14.9 Å². The summed E-state index contributed by atoms with van der Waals surface area (Å²) in [4.78, 5) is 16.3. The van der Waals surface area contributed by atoms with Crippen LogP contribution in [0.3, 0.4) is 0 Å². The zero-order valence-corrected chi connectivity index (χ0v) is 16.7. The summed E-state index contributed by atoms with van der Waals surface area (Å²) in [6.45, 7) is 0.311. The summed E-state index contributed by atoms with van der Waals surface area (Å²) in [5.41, 5.74) is 1.42. The Morgan fingerprint density at radius 2 is 1.82 bits per heavy atom. The molecule has 3 aromatic rings. The molecule has 0 fully saturated rings. The van der Waals surface area contributed by atoms with Crippen LogP contribution in [0.5, 0.6) is 0 Å². The third kappa shape index (κ3) is 5.01. The third-order valence-corrected chi connectivity index (χ3v) is 5.87. The number of anilines is 1. The highest BCUT2D eigenvalue weighted by Crippen LogP contribution is 2.26. The van der Waals surface area contributed by atoms with E-state index in [1.807, 2.05) is 6.07 Å². The standard InChI is InChI=1S/C19H15Cl2N3O3S/c20-17-7-6-16(10-18(17)21)28(26,27)24-15-5-1-4-14(9-15)19(25)23-12-13-3-2-8-22-11-13/h1-11,24H,12H2,(H,23,25). The second kappa shape index (κ2) is 8.60. The highest BCUT2D eigenvalue weighted by molar-refractivity contribution is 7.92. The topological polar surface area (TPSA) is 88.2 Å². The SMILES string of the molecule is O=C(NCc1cccnc1)c1cccc(NS(=O)(=O)c2ccc(Cl)c(Cl)c2)c1. The molecule has 0 bridgehead atoms. The Kier molecular flexibility index (Phi) is 6.18. The first-order valence-electron chi connectivity index (χ1n) is 8.10. The van der Waals surface area contributed by atoms with E-state index in [1.54, 1.807) is 36.7 Å². The Morgan fingerprint density at radius 1 is 1.00 bits per heavy atom. The molecule has 3 rings (SSSR count). The Hall–Kier alpha value is -2.61. The summed E-state index contributed by atoms with van der Waals surface area (Å²) < 4.78 is 27.5. The first kappa shape index (κ1) is 20.1. The summed E-state index contributed by atoms with van der Waals surface area (Å²) in [6.07, 6.45) is 3.30. The number of rotatable bonds is 6. The number of amides is 1. The molecule has 2 aromatic carbocycles. The van der Waals surface area contributed by atoms with Crippen molar-refractivity contribution in [3.8, 4) is 0 Å². The molecule has 1 aromatic heterocycles. The molecule has 9 heteroatoms. The Morgan fingerprint density at radius 3 is 2.54 bits per heavy atom. The minimum Gasteiger partial charge on any atom is -0.348 e. The van der Waals surface area contributed by atoms with Gasteiger partial charge in [-0.3, -0.25) is 14.5 Å². The monoisotopic (exact) mass is 435 g/mol. The van der Waals surface area contributed by atoms with E-state index in [1.165, 1.54) is 24.3 Å². The number of sulfonamides is 1. The van der Waals surface area contributed by atoms with Crippen molar-refractivity contribution >= 4 is 44.8 Å². The number of aromatic nitrogens is 1. The molecule has 0 aliphatic carbocycles. The van der Waals surface area contributed by atoms with Crippen molar-refractivity contribution in [2.45, 2.75) is 11.4 Å². The second-order valence-corrected chi connectivity index (χ2v) is 8.30. The molecule has 0 unspecified atom stereocenters. The maximum Gasteiger partial charge on any atom is 0.261 e. The number of nitrogens with zero attached hydrogens (tertiary/aromatic N) is 1. The number of carbonyl (C=O) groups excluding carboxylic acids is 1. The van der Waals surface area contributed by atoms with Gasteiger partial charge in [0.1, 0.15) is 0 Å². The van der Waals surface area contributed by atoms with Gasteiger partial charge in [-0.25, -0.2) is 8.42 Å². The van der Waals surface area contributed by atoms with Gasteiger partial charge in [-0.2, -0.15) is 0 Å². The lowest BCUT2D eigenvalue weighted by atomic mass is 10.2. The third-order valence-electron chi connectivity index (χ3n) is 3.75. The number of carbonyl (C=O) groups is 1. The van der Waals surface area contributed by atoms with Gasteiger partial charge < -0.3 is 5.32 Å². The van der Waals surface area contributed by atoms with Crippen LogP contribution in [-0.2, 0) is 16.6 Å². The molecule has 0 aliphatic rings. The van der Waals surface area contributed by atoms with Crippen molar-refractivity contribution in [1.29, 1.82) is 0 Å². The molecule has 0 saturated heterocycles. The molecule has 1 amide bonds. The van der Waals surface area contributed by atoms with Crippen molar-refractivity contribution in [2.75, 3.05) is 4.72 Å². The van der Waals surface area contributed by atoms with E-state index >= 15 is 0 Å². The molecule has 6 nitrogen and oxygen atoms in total. The lowest BCUT2D eigenvalue weighted by Gasteiger charge is -2.10. The van der Waals surface area contributed by atoms with E-state index in [0.717, 1.165) is 5.56 Å². The highest BCUT2D eigenvalue weighted by Gasteiger charge is 2.16. The van der Waals surface area contributed by atoms with Crippen LogP contribution in [0.2, 0.25) is 10.0 Å². The van der Waals surface area contributed by atoms with Crippen molar-refractivity contribution in [2.24, 2.45) is 0 Å². The molecule has 1 heterocycles. The van der Waals surface area contributed by atoms with Crippen LogP contribution in [0, 0.1) is 0 Å². The quantitative estimate of drug-likeness (QED) is 0.609. The van der Waals surface area contributed by atoms with Crippen LogP contribution in [0.1, 0.15) is 15.9 Å². The first-order chi connectivity index (χ1) is 13.3. The zero-order chi connectivity index (χ0) is 20.1. The number of pyridine rings is 1. The minimum absolute atomic E-state index is 0.0340. The van der Waals surface area contributed by atoms with E-state index in [2.05, 4.69) is 15.0 Å². The van der Waals surface area contributed by atoms with E-state index in [4.69, 9.17) is 23.2 Å². The van der Waals surface area contributed by atoms with Gasteiger partial charge in [0.15, 0.2) is 0 Å². The number of nitrogens with one attached hydrogen (secondary N) is 2. The van der Waals surface area contributed by atoms with Gasteiger partial charge in [-0.15, -0.1) is 0 Å². The average molecular weight is 436 g/mol. The minimum atomic E-state index is -3.88. The van der Waals surface area contributed by atoms with E-state index in [-0.39, 0.29) is 26.5 Å². The van der Waals surface area contributed by atoms with Gasteiger partial charge in [0, 0.05) is 30.2 Å². The molecule has 0 saturated carbocycles. The maximum atomic E-state index is 12.5. The molecule has 28 heavy (non-hydrogen) atoms. The lowest BCUT2D eigenvalue weighted by Crippen LogP contribution is -2.23. The summed E-state index contributed by atoms with van der Waals surface area (Å²) in [6, 6.07) is 13.8. The molecule has 144 valence electrons. The average Bonchev–Trinajstić information content (AvgIpc) is 2.69. The van der Waals surface area contributed by atoms with Gasteiger partial charge in [0.25, 0.3) is 15.9 Å². The smallest absolute Gasteiger partial charge is 0.261 e. The summed E-state index contributed by atoms with van der Waals surface area (Å²) >= 11 is 11.7. The number of halogens is 2. The second-order valence-electron chi connectivity index (χ2n) is 5.81. The van der Waals surface area contributed by atoms with Gasteiger partial charge in [-0.1, -0.05) is 35.3 Å². The Balaban J connectivity index is 1.73. The predicted molar refractivity (Wildman–Crippen MR) is 109 cm³/mol. The van der Waals surface area contributed by atoms with Crippen LogP contribution in [0.15, 0.2) is 71.9 Å². The Bertz CT molecular complexity index is 1110. The molecule has 0 atom stereocenters. The van der Waals surface area contributed by atoms with E-state index in [0.29, 0.717) is 12.1 Å². The van der Waals surface area contributed by atoms with Crippen molar-refractivity contribution in [3.05, 3.63) is 88.2 Å². The van der Waals surface area contributed by atoms with Crippen LogP contribution in [0.25, 0.3) is 0 Å². The fourth-order valence-electron chi connectivity index (χ4n) is 2.37. The molecule has 0 spiro atoms. The molecule has 0 aliphatic heterocycles. The van der Waals surface area contributed by atoms with Crippen LogP contribution >= 0.6 is 23.2 Å². The largest absolute Gasteiger partial charge is 0.348 e. The number of benzene rings is 2. The maximum absolute atomic E-state index is 12.5. The molecule has 2 N–H and O–H groups in total. The molecular weight excluding hydrogens is 421 g/mol. The normalized spacial score (nSPS) is 11.1. The van der Waals surface area contributed by atoms with Crippen molar-refractivity contribution < 1.29 is 13.2 Å². The zero-order valence-electron chi connectivity index (χ0n) is 14.4. The van der Waals surface area contributed by atoms with E-state index in [9.17, 15) is 13.2 Å². The predicted octanol–water partition coefficient (Wildman–Crippen LogP) is 4.12. The molecule has 0 radical (unpaired) electrons. The first-order valence-corrected chi connectivity index (χ1v) is 10.3. The fourth-order valence-corrected chi connectivity index (χ4v) is 3.81. The van der Waals surface area contributed by atoms with Gasteiger partial charge >= 0.3 is 0 Å². The van der Waals surface area contributed by atoms with Crippen LogP contribution < -0.4 is 10.0 Å². The molecular formula is C19H15Cl2N3O3S. The van der Waals surface area contributed by atoms with E-state index < -0.39 is 10.0 Å². The van der Waals surface area contributed by atoms with Crippen LogP contribution in [0.4, 0.5) is 5.69 Å². The number of hydrogen-bond donors (Lipinski definition) is 2. The Labute approximate surface area is 172 Å². The van der Waals surface area contributed by atoms with Gasteiger partial charge in [-0.05, 0) is 48.0 Å².